The quantitative estimate of drug-likeness (QED) is 0.921. The van der Waals surface area contributed by atoms with Crippen molar-refractivity contribution in [1.29, 1.82) is 0 Å². The van der Waals surface area contributed by atoms with Gasteiger partial charge in [0.1, 0.15) is 0 Å². The van der Waals surface area contributed by atoms with E-state index < -0.39 is 5.54 Å². The van der Waals surface area contributed by atoms with Crippen molar-refractivity contribution in [3.63, 3.8) is 0 Å². The summed E-state index contributed by atoms with van der Waals surface area (Å²) in [7, 11) is 0. The minimum absolute atomic E-state index is 0.434. The van der Waals surface area contributed by atoms with Gasteiger partial charge in [0.2, 0.25) is 0 Å². The van der Waals surface area contributed by atoms with Crippen molar-refractivity contribution in [3.05, 3.63) is 22.8 Å². The number of hydrogen-bond donors (Lipinski definition) is 1. The topological polar surface area (TPSA) is 78.1 Å². The van der Waals surface area contributed by atoms with Gasteiger partial charge in [-0.2, -0.15) is 4.98 Å². The first-order chi connectivity index (χ1) is 8.69. The zero-order valence-electron chi connectivity index (χ0n) is 9.86. The molecule has 2 heterocycles. The first kappa shape index (κ1) is 11.9. The third-order valence-electron chi connectivity index (χ3n) is 3.47. The van der Waals surface area contributed by atoms with Crippen molar-refractivity contribution in [2.45, 2.75) is 37.6 Å². The molecule has 0 saturated heterocycles. The van der Waals surface area contributed by atoms with E-state index in [1.54, 1.807) is 12.3 Å². The van der Waals surface area contributed by atoms with Crippen LogP contribution in [0.15, 0.2) is 25.9 Å². The van der Waals surface area contributed by atoms with E-state index in [9.17, 15) is 0 Å². The number of rotatable bonds is 2. The fourth-order valence-corrected chi connectivity index (χ4v) is 2.80. The molecule has 1 aliphatic carbocycles. The summed E-state index contributed by atoms with van der Waals surface area (Å²) in [6.07, 6.45) is 6.88. The van der Waals surface area contributed by atoms with Crippen LogP contribution in [-0.2, 0) is 5.54 Å². The molecule has 1 saturated carbocycles. The number of halogens is 1. The molecule has 0 aliphatic heterocycles. The maximum Gasteiger partial charge on any atom is 0.262 e. The highest BCUT2D eigenvalue weighted by Gasteiger charge is 2.34. The Hall–Kier alpha value is -1.14. The maximum atomic E-state index is 6.36. The van der Waals surface area contributed by atoms with Crippen molar-refractivity contribution < 1.29 is 8.94 Å². The van der Waals surface area contributed by atoms with Crippen molar-refractivity contribution in [3.8, 4) is 11.5 Å². The van der Waals surface area contributed by atoms with Gasteiger partial charge in [-0.15, -0.1) is 0 Å². The number of aromatic nitrogens is 2. The summed E-state index contributed by atoms with van der Waals surface area (Å²) in [5.41, 5.74) is 6.69. The Bertz CT molecular complexity index is 543. The van der Waals surface area contributed by atoms with E-state index in [1.807, 2.05) is 0 Å². The second kappa shape index (κ2) is 4.51. The zero-order valence-corrected chi connectivity index (χ0v) is 11.4. The average Bonchev–Trinajstić information content (AvgIpc) is 2.98. The molecule has 1 fully saturated rings. The Labute approximate surface area is 113 Å². The van der Waals surface area contributed by atoms with Gasteiger partial charge in [-0.25, -0.2) is 0 Å². The van der Waals surface area contributed by atoms with Crippen molar-refractivity contribution >= 4 is 15.9 Å². The van der Waals surface area contributed by atoms with Gasteiger partial charge >= 0.3 is 0 Å². The standard InChI is InChI=1S/C12H14BrN3O2/c13-9-8(4-7-17-9)10-15-11(16-18-10)12(14)5-2-1-3-6-12/h4,7H,1-3,5-6,14H2. The van der Waals surface area contributed by atoms with Crippen LogP contribution in [0.5, 0.6) is 0 Å². The lowest BCUT2D eigenvalue weighted by atomic mass is 9.82. The highest BCUT2D eigenvalue weighted by Crippen LogP contribution is 2.35. The molecule has 2 aromatic heterocycles. The molecule has 18 heavy (non-hydrogen) atoms. The average molecular weight is 312 g/mol. The summed E-state index contributed by atoms with van der Waals surface area (Å²) < 4.78 is 11.0. The molecule has 0 spiro atoms. The normalized spacial score (nSPS) is 19.0. The third-order valence-corrected chi connectivity index (χ3v) is 4.08. The van der Waals surface area contributed by atoms with Gasteiger partial charge in [-0.1, -0.05) is 24.4 Å². The number of nitrogens with zero attached hydrogens (tertiary/aromatic N) is 2. The van der Waals surface area contributed by atoms with Crippen molar-refractivity contribution in [2.75, 3.05) is 0 Å². The second-order valence-electron chi connectivity index (χ2n) is 4.75. The van der Waals surface area contributed by atoms with E-state index in [0.717, 1.165) is 31.2 Å². The van der Waals surface area contributed by atoms with Crippen LogP contribution in [-0.4, -0.2) is 10.1 Å². The van der Waals surface area contributed by atoms with Crippen LogP contribution in [0, 0.1) is 0 Å². The molecular formula is C12H14BrN3O2. The van der Waals surface area contributed by atoms with Gasteiger partial charge in [0.15, 0.2) is 10.5 Å². The molecule has 96 valence electrons. The largest absolute Gasteiger partial charge is 0.457 e. The van der Waals surface area contributed by atoms with E-state index in [-0.39, 0.29) is 0 Å². The Kier molecular flexibility index (Phi) is 2.99. The molecular weight excluding hydrogens is 298 g/mol. The Morgan fingerprint density at radius 1 is 1.28 bits per heavy atom. The van der Waals surface area contributed by atoms with E-state index >= 15 is 0 Å². The van der Waals surface area contributed by atoms with Crippen LogP contribution in [0.25, 0.3) is 11.5 Å². The zero-order chi connectivity index (χ0) is 12.6. The van der Waals surface area contributed by atoms with Crippen LogP contribution in [0.1, 0.15) is 37.9 Å². The Morgan fingerprint density at radius 3 is 2.72 bits per heavy atom. The highest BCUT2D eigenvalue weighted by molar-refractivity contribution is 9.10. The summed E-state index contributed by atoms with van der Waals surface area (Å²) in [4.78, 5) is 4.42. The van der Waals surface area contributed by atoms with Crippen LogP contribution in [0.4, 0.5) is 0 Å². The summed E-state index contributed by atoms with van der Waals surface area (Å²) >= 11 is 3.30. The molecule has 0 aromatic carbocycles. The van der Waals surface area contributed by atoms with Gasteiger partial charge in [0.05, 0.1) is 17.4 Å². The molecule has 5 nitrogen and oxygen atoms in total. The summed E-state index contributed by atoms with van der Waals surface area (Å²) in [6, 6.07) is 1.78. The predicted octanol–water partition coefficient (Wildman–Crippen LogP) is 3.21. The first-order valence-corrected chi connectivity index (χ1v) is 6.85. The first-order valence-electron chi connectivity index (χ1n) is 6.05. The SMILES string of the molecule is NC1(c2noc(-c3ccoc3Br)n2)CCCCC1. The molecule has 0 bridgehead atoms. The highest BCUT2D eigenvalue weighted by atomic mass is 79.9. The third kappa shape index (κ3) is 1.99. The lowest BCUT2D eigenvalue weighted by Gasteiger charge is -2.29. The molecule has 3 rings (SSSR count). The van der Waals surface area contributed by atoms with E-state index in [1.165, 1.54) is 6.42 Å². The minimum Gasteiger partial charge on any atom is -0.457 e. The Morgan fingerprint density at radius 2 is 2.06 bits per heavy atom. The molecule has 0 radical (unpaired) electrons. The summed E-state index contributed by atoms with van der Waals surface area (Å²) in [5, 5.41) is 4.04. The maximum absolute atomic E-state index is 6.36. The minimum atomic E-state index is -0.434. The van der Waals surface area contributed by atoms with Crippen LogP contribution in [0.3, 0.4) is 0 Å². The van der Waals surface area contributed by atoms with Crippen LogP contribution >= 0.6 is 15.9 Å². The van der Waals surface area contributed by atoms with Crippen molar-refractivity contribution in [1.82, 2.24) is 10.1 Å². The summed E-state index contributed by atoms with van der Waals surface area (Å²) in [5.74, 6) is 1.05. The fourth-order valence-electron chi connectivity index (χ4n) is 2.39. The van der Waals surface area contributed by atoms with Gasteiger partial charge in [0, 0.05) is 0 Å². The summed E-state index contributed by atoms with van der Waals surface area (Å²) in [6.45, 7) is 0. The molecule has 1 aliphatic rings. The number of nitrogens with two attached hydrogens (primary N) is 1. The molecule has 6 heteroatoms. The van der Waals surface area contributed by atoms with Gasteiger partial charge < -0.3 is 14.7 Å². The monoisotopic (exact) mass is 311 g/mol. The molecule has 0 atom stereocenters. The second-order valence-corrected chi connectivity index (χ2v) is 5.47. The van der Waals surface area contributed by atoms with E-state index in [2.05, 4.69) is 26.1 Å². The smallest absolute Gasteiger partial charge is 0.262 e. The predicted molar refractivity (Wildman–Crippen MR) is 68.7 cm³/mol. The van der Waals surface area contributed by atoms with Gasteiger partial charge in [0.25, 0.3) is 5.89 Å². The van der Waals surface area contributed by atoms with Crippen LogP contribution < -0.4 is 5.73 Å². The van der Waals surface area contributed by atoms with Crippen LogP contribution in [0.2, 0.25) is 0 Å². The lowest BCUT2D eigenvalue weighted by Crippen LogP contribution is -2.39. The van der Waals surface area contributed by atoms with E-state index in [4.69, 9.17) is 14.7 Å². The lowest BCUT2D eigenvalue weighted by molar-refractivity contribution is 0.275. The Balaban J connectivity index is 1.92. The molecule has 2 aromatic rings. The fraction of sp³-hybridized carbons (Fsp3) is 0.500. The number of furan rings is 1. The molecule has 2 N–H and O–H groups in total. The molecule has 0 amide bonds. The van der Waals surface area contributed by atoms with Gasteiger partial charge in [-0.3, -0.25) is 0 Å². The van der Waals surface area contributed by atoms with Crippen molar-refractivity contribution in [2.24, 2.45) is 5.73 Å². The van der Waals surface area contributed by atoms with Gasteiger partial charge in [-0.05, 0) is 34.8 Å². The van der Waals surface area contributed by atoms with E-state index in [0.29, 0.717) is 16.4 Å². The molecule has 0 unspecified atom stereocenters. The number of hydrogen-bond acceptors (Lipinski definition) is 5.